The number of carboxylic acid groups (broad SMARTS) is 1. The molecule has 2 atom stereocenters. The summed E-state index contributed by atoms with van der Waals surface area (Å²) in [6, 6.07) is 6.50. The average Bonchev–Trinajstić information content (AvgIpc) is 2.43. The first-order chi connectivity index (χ1) is 9.33. The van der Waals surface area contributed by atoms with Gasteiger partial charge in [0.05, 0.1) is 13.2 Å². The minimum atomic E-state index is -3.95. The number of carboxylic acids is 1. The van der Waals surface area contributed by atoms with Crippen molar-refractivity contribution < 1.29 is 23.1 Å². The molecule has 0 saturated heterocycles. The summed E-state index contributed by atoms with van der Waals surface area (Å²) >= 11 is 0. The van der Waals surface area contributed by atoms with E-state index < -0.39 is 27.3 Å². The van der Waals surface area contributed by atoms with E-state index in [2.05, 4.69) is 4.72 Å². The van der Waals surface area contributed by atoms with Gasteiger partial charge in [-0.3, -0.25) is 4.79 Å². The molecule has 2 unspecified atom stereocenters. The van der Waals surface area contributed by atoms with Gasteiger partial charge in [-0.15, -0.1) is 0 Å². The molecule has 0 aliphatic heterocycles. The maximum atomic E-state index is 12.0. The number of carbonyl (C=O) groups is 1. The Kier molecular flexibility index (Phi) is 5.52. The molecule has 0 bridgehead atoms. The van der Waals surface area contributed by atoms with Crippen LogP contribution in [0.2, 0.25) is 0 Å². The number of ether oxygens (including phenoxy) is 1. The highest BCUT2D eigenvalue weighted by atomic mass is 32.2. The molecule has 0 aliphatic rings. The Morgan fingerprint density at radius 1 is 1.40 bits per heavy atom. The molecule has 20 heavy (non-hydrogen) atoms. The van der Waals surface area contributed by atoms with Crippen LogP contribution in [0.1, 0.15) is 31.9 Å². The van der Waals surface area contributed by atoms with Crippen LogP contribution < -0.4 is 9.46 Å². The summed E-state index contributed by atoms with van der Waals surface area (Å²) in [5, 5.41) is 7.32. The quantitative estimate of drug-likeness (QED) is 0.797. The van der Waals surface area contributed by atoms with Gasteiger partial charge >= 0.3 is 5.97 Å². The van der Waals surface area contributed by atoms with Crippen LogP contribution in [0.4, 0.5) is 0 Å². The molecule has 1 aromatic rings. The fourth-order valence-corrected chi connectivity index (χ4v) is 2.91. The minimum absolute atomic E-state index is 0.478. The summed E-state index contributed by atoms with van der Waals surface area (Å²) in [5.74, 6) is -0.822. The lowest BCUT2D eigenvalue weighted by molar-refractivity contribution is -0.136. The number of rotatable bonds is 7. The second kappa shape index (κ2) is 6.71. The highest BCUT2D eigenvalue weighted by molar-refractivity contribution is 7.90. The molecular formula is C13H19NO5S. The minimum Gasteiger partial charge on any atom is -0.496 e. The summed E-state index contributed by atoms with van der Waals surface area (Å²) in [5.41, 5.74) is 0.679. The lowest BCUT2D eigenvalue weighted by atomic mass is 10.0. The Bertz CT molecular complexity index is 570. The van der Waals surface area contributed by atoms with Crippen LogP contribution in [-0.2, 0) is 14.8 Å². The van der Waals surface area contributed by atoms with Gasteiger partial charge in [0.25, 0.3) is 0 Å². The molecule has 0 fully saturated rings. The molecule has 1 rings (SSSR count). The van der Waals surface area contributed by atoms with Gasteiger partial charge in [-0.25, -0.2) is 13.1 Å². The molecule has 0 spiro atoms. The van der Waals surface area contributed by atoms with Crippen molar-refractivity contribution in [1.82, 2.24) is 4.72 Å². The van der Waals surface area contributed by atoms with Crippen molar-refractivity contribution in [2.24, 2.45) is 0 Å². The standard InChI is InChI=1S/C13H19NO5S/c1-4-11(10-7-5-6-8-12(10)19-3)14-20(17,18)9(2)13(15)16/h5-9,11,14H,4H2,1-3H3,(H,15,16). The monoisotopic (exact) mass is 301 g/mol. The molecule has 0 radical (unpaired) electrons. The van der Waals surface area contributed by atoms with Crippen molar-refractivity contribution in [3.05, 3.63) is 29.8 Å². The van der Waals surface area contributed by atoms with Crippen molar-refractivity contribution in [3.63, 3.8) is 0 Å². The van der Waals surface area contributed by atoms with E-state index in [1.165, 1.54) is 7.11 Å². The summed E-state index contributed by atoms with van der Waals surface area (Å²) in [4.78, 5) is 10.8. The van der Waals surface area contributed by atoms with Crippen molar-refractivity contribution >= 4 is 16.0 Å². The number of sulfonamides is 1. The first kappa shape index (κ1) is 16.5. The highest BCUT2D eigenvalue weighted by Gasteiger charge is 2.30. The predicted molar refractivity (Wildman–Crippen MR) is 75.2 cm³/mol. The Hall–Kier alpha value is -1.60. The molecule has 0 aliphatic carbocycles. The third-order valence-electron chi connectivity index (χ3n) is 3.04. The lowest BCUT2D eigenvalue weighted by Crippen LogP contribution is -2.39. The summed E-state index contributed by atoms with van der Waals surface area (Å²) in [6.45, 7) is 2.95. The lowest BCUT2D eigenvalue weighted by Gasteiger charge is -2.21. The zero-order chi connectivity index (χ0) is 15.3. The number of methoxy groups -OCH3 is 1. The molecule has 6 nitrogen and oxygen atoms in total. The third kappa shape index (κ3) is 3.71. The number of hydrogen-bond donors (Lipinski definition) is 2. The maximum Gasteiger partial charge on any atom is 0.323 e. The van der Waals surface area contributed by atoms with Crippen LogP contribution in [0, 0.1) is 0 Å². The van der Waals surface area contributed by atoms with Crippen LogP contribution in [0.15, 0.2) is 24.3 Å². The van der Waals surface area contributed by atoms with Gasteiger partial charge in [-0.1, -0.05) is 25.1 Å². The van der Waals surface area contributed by atoms with E-state index in [4.69, 9.17) is 9.84 Å². The molecule has 0 amide bonds. The number of aliphatic carboxylic acids is 1. The normalized spacial score (nSPS) is 14.6. The molecule has 2 N–H and O–H groups in total. The Labute approximate surface area is 118 Å². The van der Waals surface area contributed by atoms with Crippen molar-refractivity contribution in [3.8, 4) is 5.75 Å². The molecular weight excluding hydrogens is 282 g/mol. The summed E-state index contributed by atoms with van der Waals surface area (Å²) in [6.07, 6.45) is 0.478. The van der Waals surface area contributed by atoms with Crippen LogP contribution in [0.5, 0.6) is 5.75 Å². The predicted octanol–water partition coefficient (Wildman–Crippen LogP) is 1.54. The van der Waals surface area contributed by atoms with Crippen molar-refractivity contribution in [2.45, 2.75) is 31.6 Å². The zero-order valence-electron chi connectivity index (χ0n) is 11.7. The number of para-hydroxylation sites is 1. The first-order valence-corrected chi connectivity index (χ1v) is 7.75. The van der Waals surface area contributed by atoms with Gasteiger partial charge < -0.3 is 9.84 Å². The van der Waals surface area contributed by atoms with Gasteiger partial charge in [0.2, 0.25) is 10.0 Å². The van der Waals surface area contributed by atoms with Gasteiger partial charge in [-0.2, -0.15) is 0 Å². The largest absolute Gasteiger partial charge is 0.496 e. The Morgan fingerprint density at radius 2 is 2.00 bits per heavy atom. The smallest absolute Gasteiger partial charge is 0.323 e. The van der Waals surface area contributed by atoms with Crippen LogP contribution in [-0.4, -0.2) is 31.9 Å². The van der Waals surface area contributed by atoms with E-state index in [9.17, 15) is 13.2 Å². The Balaban J connectivity index is 3.07. The van der Waals surface area contributed by atoms with E-state index in [-0.39, 0.29) is 0 Å². The van der Waals surface area contributed by atoms with Gasteiger partial charge in [-0.05, 0) is 19.4 Å². The second-order valence-corrected chi connectivity index (χ2v) is 6.38. The van der Waals surface area contributed by atoms with Gasteiger partial charge in [0.1, 0.15) is 5.75 Å². The summed E-state index contributed by atoms with van der Waals surface area (Å²) < 4.78 is 31.6. The number of hydrogen-bond acceptors (Lipinski definition) is 4. The van der Waals surface area contributed by atoms with Gasteiger partial charge in [0.15, 0.2) is 5.25 Å². The Morgan fingerprint density at radius 3 is 2.50 bits per heavy atom. The van der Waals surface area contributed by atoms with E-state index in [1.54, 1.807) is 24.3 Å². The zero-order valence-corrected chi connectivity index (χ0v) is 12.5. The maximum absolute atomic E-state index is 12.0. The van der Waals surface area contributed by atoms with Crippen LogP contribution >= 0.6 is 0 Å². The second-order valence-electron chi connectivity index (χ2n) is 4.35. The average molecular weight is 301 g/mol. The van der Waals surface area contributed by atoms with Gasteiger partial charge in [0, 0.05) is 5.56 Å². The summed E-state index contributed by atoms with van der Waals surface area (Å²) in [7, 11) is -2.45. The molecule has 0 saturated carbocycles. The third-order valence-corrected chi connectivity index (χ3v) is 4.79. The molecule has 1 aromatic carbocycles. The van der Waals surface area contributed by atoms with E-state index >= 15 is 0 Å². The fraction of sp³-hybridized carbons (Fsp3) is 0.462. The van der Waals surface area contributed by atoms with Crippen LogP contribution in [0.3, 0.4) is 0 Å². The fourth-order valence-electron chi connectivity index (χ4n) is 1.75. The first-order valence-electron chi connectivity index (χ1n) is 6.20. The molecule has 7 heteroatoms. The molecule has 0 aromatic heterocycles. The van der Waals surface area contributed by atoms with Crippen molar-refractivity contribution in [2.75, 3.05) is 7.11 Å². The van der Waals surface area contributed by atoms with E-state index in [0.717, 1.165) is 6.92 Å². The SMILES string of the molecule is CCC(NS(=O)(=O)C(C)C(=O)O)c1ccccc1OC. The molecule has 0 heterocycles. The van der Waals surface area contributed by atoms with Crippen LogP contribution in [0.25, 0.3) is 0 Å². The number of nitrogens with one attached hydrogen (secondary N) is 1. The van der Waals surface area contributed by atoms with E-state index in [0.29, 0.717) is 17.7 Å². The highest BCUT2D eigenvalue weighted by Crippen LogP contribution is 2.27. The van der Waals surface area contributed by atoms with E-state index in [1.807, 2.05) is 6.92 Å². The van der Waals surface area contributed by atoms with Crippen molar-refractivity contribution in [1.29, 1.82) is 0 Å². The topological polar surface area (TPSA) is 92.7 Å². The number of benzene rings is 1. The molecule has 112 valence electrons.